The lowest BCUT2D eigenvalue weighted by Gasteiger charge is -2.01. The number of rotatable bonds is 1. The van der Waals surface area contributed by atoms with Crippen LogP contribution in [0.1, 0.15) is 21.7 Å². The SMILES string of the molecule is Cc1cccn2c(C=O)c(C(F)(F)F)nc12. The maximum Gasteiger partial charge on any atom is 0.435 e. The first-order chi connectivity index (χ1) is 7.45. The third-order valence-corrected chi connectivity index (χ3v) is 2.26. The van der Waals surface area contributed by atoms with Crippen LogP contribution in [0.15, 0.2) is 18.3 Å². The molecule has 0 radical (unpaired) electrons. The number of aryl methyl sites for hydroxylation is 1. The molecule has 0 aliphatic rings. The molecule has 6 heteroatoms. The molecule has 84 valence electrons. The third kappa shape index (κ3) is 1.46. The zero-order valence-corrected chi connectivity index (χ0v) is 8.25. The molecule has 0 bridgehead atoms. The van der Waals surface area contributed by atoms with Crippen LogP contribution in [0.25, 0.3) is 5.65 Å². The van der Waals surface area contributed by atoms with Gasteiger partial charge in [0.05, 0.1) is 0 Å². The number of hydrogen-bond donors (Lipinski definition) is 0. The molecule has 0 amide bonds. The Balaban J connectivity index is 2.87. The van der Waals surface area contributed by atoms with Crippen LogP contribution in [0, 0.1) is 6.92 Å². The van der Waals surface area contributed by atoms with Gasteiger partial charge in [0.25, 0.3) is 0 Å². The minimum absolute atomic E-state index is 0.150. The first-order valence-corrected chi connectivity index (χ1v) is 4.45. The fourth-order valence-corrected chi connectivity index (χ4v) is 1.54. The van der Waals surface area contributed by atoms with Crippen LogP contribution in [-0.4, -0.2) is 15.7 Å². The Hall–Kier alpha value is -1.85. The lowest BCUT2D eigenvalue weighted by Crippen LogP contribution is -2.09. The Bertz CT molecular complexity index is 557. The molecule has 0 saturated carbocycles. The highest BCUT2D eigenvalue weighted by atomic mass is 19.4. The molecule has 3 nitrogen and oxygen atoms in total. The van der Waals surface area contributed by atoms with Gasteiger partial charge in [0.1, 0.15) is 11.3 Å². The normalized spacial score (nSPS) is 12.0. The largest absolute Gasteiger partial charge is 0.435 e. The van der Waals surface area contributed by atoms with Gasteiger partial charge in [-0.05, 0) is 18.6 Å². The van der Waals surface area contributed by atoms with Crippen molar-refractivity contribution in [2.75, 3.05) is 0 Å². The second kappa shape index (κ2) is 3.33. The highest BCUT2D eigenvalue weighted by molar-refractivity contribution is 5.77. The number of pyridine rings is 1. The van der Waals surface area contributed by atoms with Gasteiger partial charge in [0, 0.05) is 6.20 Å². The van der Waals surface area contributed by atoms with Gasteiger partial charge < -0.3 is 0 Å². The Morgan fingerprint density at radius 2 is 2.12 bits per heavy atom. The van der Waals surface area contributed by atoms with Crippen LogP contribution in [0.4, 0.5) is 13.2 Å². The summed E-state index contributed by atoms with van der Waals surface area (Å²) in [7, 11) is 0. The summed E-state index contributed by atoms with van der Waals surface area (Å²) in [6, 6.07) is 3.20. The number of nitrogens with zero attached hydrogens (tertiary/aromatic N) is 2. The van der Waals surface area contributed by atoms with E-state index in [-0.39, 0.29) is 11.9 Å². The van der Waals surface area contributed by atoms with Crippen molar-refractivity contribution < 1.29 is 18.0 Å². The number of carbonyl (C=O) groups is 1. The van der Waals surface area contributed by atoms with Gasteiger partial charge in [-0.3, -0.25) is 9.20 Å². The molecule has 2 heterocycles. The van der Waals surface area contributed by atoms with Gasteiger partial charge in [-0.2, -0.15) is 13.2 Å². The van der Waals surface area contributed by atoms with E-state index in [1.54, 1.807) is 19.1 Å². The second-order valence-corrected chi connectivity index (χ2v) is 3.35. The molecule has 2 rings (SSSR count). The second-order valence-electron chi connectivity index (χ2n) is 3.35. The van der Waals surface area contributed by atoms with Gasteiger partial charge in [-0.1, -0.05) is 6.07 Å². The average molecular weight is 228 g/mol. The van der Waals surface area contributed by atoms with E-state index in [0.29, 0.717) is 5.56 Å². The number of alkyl halides is 3. The molecule has 2 aromatic heterocycles. The lowest BCUT2D eigenvalue weighted by atomic mass is 10.3. The first kappa shape index (κ1) is 10.7. The number of hydrogen-bond acceptors (Lipinski definition) is 2. The summed E-state index contributed by atoms with van der Waals surface area (Å²) < 4.78 is 38.9. The molecular weight excluding hydrogens is 221 g/mol. The summed E-state index contributed by atoms with van der Waals surface area (Å²) in [4.78, 5) is 14.2. The van der Waals surface area contributed by atoms with E-state index in [4.69, 9.17) is 0 Å². The van der Waals surface area contributed by atoms with E-state index in [1.165, 1.54) is 6.20 Å². The van der Waals surface area contributed by atoms with Crippen molar-refractivity contribution in [1.82, 2.24) is 9.38 Å². The summed E-state index contributed by atoms with van der Waals surface area (Å²) in [5.41, 5.74) is -0.874. The Labute approximate surface area is 88.5 Å². The van der Waals surface area contributed by atoms with Crippen molar-refractivity contribution >= 4 is 11.9 Å². The van der Waals surface area contributed by atoms with Crippen molar-refractivity contribution in [3.63, 3.8) is 0 Å². The summed E-state index contributed by atoms with van der Waals surface area (Å²) in [5, 5.41) is 0. The van der Waals surface area contributed by atoms with E-state index in [1.807, 2.05) is 0 Å². The van der Waals surface area contributed by atoms with E-state index in [9.17, 15) is 18.0 Å². The van der Waals surface area contributed by atoms with E-state index in [0.717, 1.165) is 4.40 Å². The molecule has 0 unspecified atom stereocenters. The number of imidazole rings is 1. The summed E-state index contributed by atoms with van der Waals surface area (Å²) >= 11 is 0. The van der Waals surface area contributed by atoms with Gasteiger partial charge in [0.15, 0.2) is 12.0 Å². The van der Waals surface area contributed by atoms with Gasteiger partial charge in [-0.25, -0.2) is 4.98 Å². The molecule has 0 aromatic carbocycles. The van der Waals surface area contributed by atoms with E-state index < -0.39 is 17.6 Å². The van der Waals surface area contributed by atoms with Crippen LogP contribution < -0.4 is 0 Å². The molecule has 0 fully saturated rings. The van der Waals surface area contributed by atoms with Crippen molar-refractivity contribution in [3.05, 3.63) is 35.3 Å². The minimum Gasteiger partial charge on any atom is -0.297 e. The molecule has 0 saturated heterocycles. The number of fused-ring (bicyclic) bond motifs is 1. The molecule has 0 aliphatic carbocycles. The monoisotopic (exact) mass is 228 g/mol. The highest BCUT2D eigenvalue weighted by Gasteiger charge is 2.37. The van der Waals surface area contributed by atoms with Crippen molar-refractivity contribution in [1.29, 1.82) is 0 Å². The molecule has 0 aliphatic heterocycles. The quantitative estimate of drug-likeness (QED) is 0.702. The zero-order valence-electron chi connectivity index (χ0n) is 8.25. The topological polar surface area (TPSA) is 34.4 Å². The van der Waals surface area contributed by atoms with Crippen LogP contribution >= 0.6 is 0 Å². The van der Waals surface area contributed by atoms with Crippen molar-refractivity contribution in [3.8, 4) is 0 Å². The molecule has 0 atom stereocenters. The summed E-state index contributed by atoms with van der Waals surface area (Å²) in [6.07, 6.45) is -3.06. The number of aromatic nitrogens is 2. The zero-order chi connectivity index (χ0) is 11.9. The van der Waals surface area contributed by atoms with Crippen LogP contribution in [0.3, 0.4) is 0 Å². The van der Waals surface area contributed by atoms with Gasteiger partial charge >= 0.3 is 6.18 Å². The van der Waals surface area contributed by atoms with E-state index in [2.05, 4.69) is 4.98 Å². The summed E-state index contributed by atoms with van der Waals surface area (Å²) in [5.74, 6) is 0. The predicted octanol–water partition coefficient (Wildman–Crippen LogP) is 2.47. The van der Waals surface area contributed by atoms with E-state index >= 15 is 0 Å². The first-order valence-electron chi connectivity index (χ1n) is 4.45. The number of carbonyl (C=O) groups excluding carboxylic acids is 1. The molecule has 0 N–H and O–H groups in total. The molecule has 16 heavy (non-hydrogen) atoms. The Morgan fingerprint density at radius 3 is 2.69 bits per heavy atom. The Morgan fingerprint density at radius 1 is 1.44 bits per heavy atom. The average Bonchev–Trinajstić information content (AvgIpc) is 2.57. The fourth-order valence-electron chi connectivity index (χ4n) is 1.54. The smallest absolute Gasteiger partial charge is 0.297 e. The van der Waals surface area contributed by atoms with Crippen molar-refractivity contribution in [2.45, 2.75) is 13.1 Å². The standard InChI is InChI=1S/C10H7F3N2O/c1-6-3-2-4-15-7(5-16)8(10(11,12)13)14-9(6)15/h2-5H,1H3. The van der Waals surface area contributed by atoms with Crippen molar-refractivity contribution in [2.24, 2.45) is 0 Å². The Kier molecular flexibility index (Phi) is 2.22. The molecular formula is C10H7F3N2O. The van der Waals surface area contributed by atoms with Crippen LogP contribution in [0.5, 0.6) is 0 Å². The maximum absolute atomic E-state index is 12.6. The number of halogens is 3. The molecule has 0 spiro atoms. The molecule has 2 aromatic rings. The lowest BCUT2D eigenvalue weighted by molar-refractivity contribution is -0.141. The number of aldehydes is 1. The van der Waals surface area contributed by atoms with Crippen LogP contribution in [0.2, 0.25) is 0 Å². The predicted molar refractivity (Wildman–Crippen MR) is 50.3 cm³/mol. The van der Waals surface area contributed by atoms with Gasteiger partial charge in [-0.15, -0.1) is 0 Å². The highest BCUT2D eigenvalue weighted by Crippen LogP contribution is 2.31. The minimum atomic E-state index is -4.62. The fraction of sp³-hybridized carbons (Fsp3) is 0.200. The third-order valence-electron chi connectivity index (χ3n) is 2.26. The van der Waals surface area contributed by atoms with Gasteiger partial charge in [0.2, 0.25) is 0 Å². The van der Waals surface area contributed by atoms with Crippen LogP contribution in [-0.2, 0) is 6.18 Å². The maximum atomic E-state index is 12.6. The summed E-state index contributed by atoms with van der Waals surface area (Å²) in [6.45, 7) is 1.64.